The molecule has 122 valence electrons. The molecule has 1 spiro atoms. The summed E-state index contributed by atoms with van der Waals surface area (Å²) in [5.41, 5.74) is 1.58. The topological polar surface area (TPSA) is 65.8 Å². The third-order valence-corrected chi connectivity index (χ3v) is 4.70. The summed E-state index contributed by atoms with van der Waals surface area (Å²) >= 11 is 0. The van der Waals surface area contributed by atoms with Crippen molar-refractivity contribution in [1.82, 2.24) is 24.9 Å². The van der Waals surface area contributed by atoms with Gasteiger partial charge < -0.3 is 5.32 Å². The highest BCUT2D eigenvalue weighted by atomic mass is 16.1. The number of nitrogens with zero attached hydrogens (tertiary/aromatic N) is 5. The number of hydrogen-bond donors (Lipinski definition) is 1. The van der Waals surface area contributed by atoms with Crippen LogP contribution in [0, 0.1) is 5.41 Å². The largest absolute Gasteiger partial charge is 0.350 e. The lowest BCUT2D eigenvalue weighted by atomic mass is 10.1. The van der Waals surface area contributed by atoms with Crippen molar-refractivity contribution in [2.24, 2.45) is 5.41 Å². The van der Waals surface area contributed by atoms with E-state index in [4.69, 9.17) is 4.98 Å². The van der Waals surface area contributed by atoms with Gasteiger partial charge in [-0.3, -0.25) is 9.80 Å². The zero-order valence-corrected chi connectivity index (χ0v) is 13.8. The van der Waals surface area contributed by atoms with Gasteiger partial charge in [0.15, 0.2) is 5.65 Å². The van der Waals surface area contributed by atoms with Crippen molar-refractivity contribution in [3.63, 3.8) is 0 Å². The van der Waals surface area contributed by atoms with E-state index in [-0.39, 0.29) is 11.9 Å². The summed E-state index contributed by atoms with van der Waals surface area (Å²) in [6.07, 6.45) is 6.05. The molecule has 2 aromatic heterocycles. The van der Waals surface area contributed by atoms with Crippen LogP contribution in [0.1, 0.15) is 37.0 Å². The summed E-state index contributed by atoms with van der Waals surface area (Å²) in [6.45, 7) is 5.97. The molecule has 0 bridgehead atoms. The quantitative estimate of drug-likeness (QED) is 0.925. The van der Waals surface area contributed by atoms with Crippen molar-refractivity contribution in [2.75, 3.05) is 25.1 Å². The maximum absolute atomic E-state index is 12.3. The Morgan fingerprint density at radius 3 is 2.78 bits per heavy atom. The lowest BCUT2D eigenvalue weighted by Gasteiger charge is -2.24. The summed E-state index contributed by atoms with van der Waals surface area (Å²) in [5, 5.41) is 11.6. The Bertz CT molecular complexity index is 763. The Kier molecular flexibility index (Phi) is 3.09. The zero-order chi connectivity index (χ0) is 16.2. The molecule has 1 N–H and O–H groups in total. The smallest absolute Gasteiger partial charge is 0.256 e. The molecule has 0 atom stereocenters. The molecule has 1 saturated carbocycles. The second-order valence-electron chi connectivity index (χ2n) is 7.11. The van der Waals surface area contributed by atoms with Crippen LogP contribution < -0.4 is 10.3 Å². The highest BCUT2D eigenvalue weighted by Crippen LogP contribution is 2.50. The molecule has 1 saturated heterocycles. The molecule has 0 unspecified atom stereocenters. The molecule has 3 heterocycles. The number of anilines is 1. The molecule has 0 aromatic carbocycles. The van der Waals surface area contributed by atoms with E-state index in [0.717, 1.165) is 18.9 Å². The Balaban J connectivity index is 1.68. The van der Waals surface area contributed by atoms with Crippen molar-refractivity contribution >= 4 is 17.4 Å². The van der Waals surface area contributed by atoms with E-state index in [9.17, 15) is 4.79 Å². The van der Waals surface area contributed by atoms with E-state index in [2.05, 4.69) is 27.5 Å². The van der Waals surface area contributed by atoms with Gasteiger partial charge in [-0.2, -0.15) is 5.10 Å². The molecule has 0 radical (unpaired) electrons. The molecule has 1 aliphatic carbocycles. The van der Waals surface area contributed by atoms with Gasteiger partial charge in [0, 0.05) is 43.9 Å². The second-order valence-corrected chi connectivity index (χ2v) is 7.11. The summed E-state index contributed by atoms with van der Waals surface area (Å²) < 4.78 is 1.65. The molecule has 4 rings (SSSR count). The van der Waals surface area contributed by atoms with Gasteiger partial charge in [0.25, 0.3) is 5.91 Å². The van der Waals surface area contributed by atoms with Crippen LogP contribution in [0.4, 0.5) is 5.82 Å². The molecule has 2 aromatic rings. The summed E-state index contributed by atoms with van der Waals surface area (Å²) in [6, 6.07) is 2.04. The Hall–Kier alpha value is -2.15. The SMILES string of the molecule is CC(C)NC(=O)c1cnn2ccc(N3CC4(CC4)CN3C)nc12. The zero-order valence-electron chi connectivity index (χ0n) is 13.8. The van der Waals surface area contributed by atoms with Crippen LogP contribution >= 0.6 is 0 Å². The lowest BCUT2D eigenvalue weighted by Crippen LogP contribution is -2.34. The van der Waals surface area contributed by atoms with Gasteiger partial charge in [0.1, 0.15) is 11.4 Å². The van der Waals surface area contributed by atoms with Gasteiger partial charge in [0.05, 0.1) is 6.20 Å². The second kappa shape index (κ2) is 4.92. The highest BCUT2D eigenvalue weighted by Gasteiger charge is 2.50. The van der Waals surface area contributed by atoms with Crippen LogP contribution in [0.25, 0.3) is 5.65 Å². The number of hydrazine groups is 1. The van der Waals surface area contributed by atoms with Gasteiger partial charge in [0.2, 0.25) is 0 Å². The van der Waals surface area contributed by atoms with Gasteiger partial charge in [-0.1, -0.05) is 0 Å². The monoisotopic (exact) mass is 314 g/mol. The Morgan fingerprint density at radius 1 is 1.35 bits per heavy atom. The fourth-order valence-corrected chi connectivity index (χ4v) is 3.31. The standard InChI is InChI=1S/C16H22N6O/c1-11(2)18-15(23)12-8-17-21-7-4-13(19-14(12)21)22-10-16(5-6-16)9-20(22)3/h4,7-8,11H,5-6,9-10H2,1-3H3,(H,18,23). The van der Waals surface area contributed by atoms with E-state index >= 15 is 0 Å². The fraction of sp³-hybridized carbons (Fsp3) is 0.562. The normalized spacial score (nSPS) is 19.9. The number of carbonyl (C=O) groups excluding carboxylic acids is 1. The number of amides is 1. The number of fused-ring (bicyclic) bond motifs is 1. The third kappa shape index (κ3) is 2.45. The van der Waals surface area contributed by atoms with E-state index in [1.54, 1.807) is 10.7 Å². The minimum absolute atomic E-state index is 0.0834. The van der Waals surface area contributed by atoms with Crippen molar-refractivity contribution in [1.29, 1.82) is 0 Å². The molecule has 23 heavy (non-hydrogen) atoms. The first kappa shape index (κ1) is 14.4. The van der Waals surface area contributed by atoms with Gasteiger partial charge in [-0.25, -0.2) is 14.5 Å². The number of carbonyl (C=O) groups is 1. The number of aromatic nitrogens is 3. The predicted molar refractivity (Wildman–Crippen MR) is 87.2 cm³/mol. The van der Waals surface area contributed by atoms with E-state index in [0.29, 0.717) is 16.6 Å². The first-order valence-corrected chi connectivity index (χ1v) is 8.11. The van der Waals surface area contributed by atoms with Crippen LogP contribution in [0.2, 0.25) is 0 Å². The van der Waals surface area contributed by atoms with E-state index in [1.165, 1.54) is 12.8 Å². The van der Waals surface area contributed by atoms with Crippen molar-refractivity contribution in [2.45, 2.75) is 32.7 Å². The van der Waals surface area contributed by atoms with Crippen LogP contribution in [-0.2, 0) is 0 Å². The summed E-state index contributed by atoms with van der Waals surface area (Å²) in [4.78, 5) is 17.0. The first-order chi connectivity index (χ1) is 11.0. The molecule has 7 heteroatoms. The number of rotatable bonds is 3. The summed E-state index contributed by atoms with van der Waals surface area (Å²) in [5.74, 6) is 0.746. The fourth-order valence-electron chi connectivity index (χ4n) is 3.31. The van der Waals surface area contributed by atoms with Crippen LogP contribution in [-0.4, -0.2) is 51.7 Å². The van der Waals surface area contributed by atoms with Gasteiger partial charge in [-0.05, 0) is 26.7 Å². The maximum Gasteiger partial charge on any atom is 0.256 e. The molecule has 2 aliphatic rings. The molecule has 2 fully saturated rings. The van der Waals surface area contributed by atoms with Crippen molar-refractivity contribution < 1.29 is 4.79 Å². The van der Waals surface area contributed by atoms with E-state index < -0.39 is 0 Å². The highest BCUT2D eigenvalue weighted by molar-refractivity contribution is 5.99. The third-order valence-electron chi connectivity index (χ3n) is 4.70. The first-order valence-electron chi connectivity index (χ1n) is 8.11. The predicted octanol–water partition coefficient (Wildman–Crippen LogP) is 1.31. The Morgan fingerprint density at radius 2 is 2.13 bits per heavy atom. The Labute approximate surface area is 135 Å². The summed E-state index contributed by atoms with van der Waals surface area (Å²) in [7, 11) is 2.10. The van der Waals surface area contributed by atoms with Gasteiger partial charge >= 0.3 is 0 Å². The van der Waals surface area contributed by atoms with Crippen molar-refractivity contribution in [3.8, 4) is 0 Å². The van der Waals surface area contributed by atoms with Crippen LogP contribution in [0.3, 0.4) is 0 Å². The minimum Gasteiger partial charge on any atom is -0.350 e. The van der Waals surface area contributed by atoms with Crippen LogP contribution in [0.5, 0.6) is 0 Å². The average Bonchev–Trinajstić information content (AvgIpc) is 2.97. The number of hydrogen-bond acceptors (Lipinski definition) is 5. The van der Waals surface area contributed by atoms with Crippen molar-refractivity contribution in [3.05, 3.63) is 24.0 Å². The molecule has 1 amide bonds. The van der Waals surface area contributed by atoms with Crippen LogP contribution in [0.15, 0.2) is 18.5 Å². The molecular weight excluding hydrogens is 292 g/mol. The molecular formula is C16H22N6O. The minimum atomic E-state index is -0.131. The van der Waals surface area contributed by atoms with E-state index in [1.807, 2.05) is 26.1 Å². The number of nitrogens with one attached hydrogen (secondary N) is 1. The molecule has 1 aliphatic heterocycles. The lowest BCUT2D eigenvalue weighted by molar-refractivity contribution is 0.0944. The average molecular weight is 314 g/mol. The maximum atomic E-state index is 12.3. The van der Waals surface area contributed by atoms with Gasteiger partial charge in [-0.15, -0.1) is 0 Å². The molecule has 7 nitrogen and oxygen atoms in total.